The van der Waals surface area contributed by atoms with Crippen LogP contribution in [0.15, 0.2) is 48.5 Å². The molecule has 30 heavy (non-hydrogen) atoms. The summed E-state index contributed by atoms with van der Waals surface area (Å²) in [5.41, 5.74) is 6.15. The van der Waals surface area contributed by atoms with E-state index in [9.17, 15) is 9.59 Å². The first kappa shape index (κ1) is 21.3. The Morgan fingerprint density at radius 1 is 0.967 bits per heavy atom. The second-order valence-corrected chi connectivity index (χ2v) is 7.63. The minimum absolute atomic E-state index is 0.0597. The zero-order valence-corrected chi connectivity index (χ0v) is 18.2. The van der Waals surface area contributed by atoms with Gasteiger partial charge in [0, 0.05) is 31.9 Å². The quantitative estimate of drug-likeness (QED) is 0.684. The third kappa shape index (κ3) is 4.59. The Kier molecular flexibility index (Phi) is 6.35. The van der Waals surface area contributed by atoms with Crippen molar-refractivity contribution in [2.75, 3.05) is 14.1 Å². The van der Waals surface area contributed by atoms with Crippen LogP contribution in [0.2, 0.25) is 0 Å². The highest BCUT2D eigenvalue weighted by molar-refractivity contribution is 5.96. The van der Waals surface area contributed by atoms with Gasteiger partial charge in [0.2, 0.25) is 0 Å². The molecule has 0 aliphatic rings. The maximum absolute atomic E-state index is 13.1. The minimum Gasteiger partial charge on any atom is -0.355 e. The van der Waals surface area contributed by atoms with E-state index in [-0.39, 0.29) is 11.8 Å². The Morgan fingerprint density at radius 3 is 2.17 bits per heavy atom. The van der Waals surface area contributed by atoms with Crippen molar-refractivity contribution in [3.63, 3.8) is 0 Å². The molecule has 6 heteroatoms. The molecule has 0 fully saturated rings. The van der Waals surface area contributed by atoms with Crippen LogP contribution >= 0.6 is 0 Å². The van der Waals surface area contributed by atoms with E-state index in [1.807, 2.05) is 30.7 Å². The summed E-state index contributed by atoms with van der Waals surface area (Å²) < 4.78 is 1.89. The number of aromatic nitrogens is 2. The van der Waals surface area contributed by atoms with E-state index in [0.717, 1.165) is 22.5 Å². The summed E-state index contributed by atoms with van der Waals surface area (Å²) in [6, 6.07) is 15.6. The Labute approximate surface area is 177 Å². The van der Waals surface area contributed by atoms with Crippen molar-refractivity contribution in [3.8, 4) is 0 Å². The smallest absolute Gasteiger partial charge is 0.257 e. The number of carbonyl (C=O) groups excluding carboxylic acids is 2. The van der Waals surface area contributed by atoms with Crippen LogP contribution in [0.25, 0.3) is 0 Å². The number of aryl methyl sites for hydroxylation is 2. The molecule has 0 unspecified atom stereocenters. The monoisotopic (exact) mass is 404 g/mol. The van der Waals surface area contributed by atoms with Crippen molar-refractivity contribution < 1.29 is 9.59 Å². The molecule has 0 aliphatic heterocycles. The fraction of sp³-hybridized carbons (Fsp3) is 0.292. The fourth-order valence-corrected chi connectivity index (χ4v) is 3.47. The van der Waals surface area contributed by atoms with Gasteiger partial charge in [-0.1, -0.05) is 42.0 Å². The van der Waals surface area contributed by atoms with Crippen molar-refractivity contribution in [1.29, 1.82) is 0 Å². The van der Waals surface area contributed by atoms with Crippen molar-refractivity contribution >= 4 is 11.8 Å². The van der Waals surface area contributed by atoms with Gasteiger partial charge in [-0.25, -0.2) is 0 Å². The maximum atomic E-state index is 13.1. The van der Waals surface area contributed by atoms with E-state index in [1.165, 1.54) is 5.56 Å². The van der Waals surface area contributed by atoms with Crippen molar-refractivity contribution in [2.24, 2.45) is 0 Å². The molecule has 0 saturated heterocycles. The summed E-state index contributed by atoms with van der Waals surface area (Å²) in [5, 5.41) is 7.21. The molecule has 0 bridgehead atoms. The Morgan fingerprint density at radius 2 is 1.57 bits per heavy atom. The average molecular weight is 405 g/mol. The molecule has 0 radical (unpaired) electrons. The van der Waals surface area contributed by atoms with Crippen LogP contribution in [-0.2, 0) is 13.1 Å². The Balaban J connectivity index is 1.75. The highest BCUT2D eigenvalue weighted by atomic mass is 16.2. The van der Waals surface area contributed by atoms with Gasteiger partial charge in [0.1, 0.15) is 0 Å². The maximum Gasteiger partial charge on any atom is 0.257 e. The summed E-state index contributed by atoms with van der Waals surface area (Å²) >= 11 is 0. The lowest BCUT2D eigenvalue weighted by molar-refractivity contribution is 0.0783. The van der Waals surface area contributed by atoms with E-state index in [1.54, 1.807) is 31.1 Å². The van der Waals surface area contributed by atoms with Crippen molar-refractivity contribution in [1.82, 2.24) is 20.0 Å². The van der Waals surface area contributed by atoms with Gasteiger partial charge < -0.3 is 10.2 Å². The van der Waals surface area contributed by atoms with Gasteiger partial charge in [0.05, 0.1) is 17.8 Å². The Hall–Kier alpha value is -3.41. The van der Waals surface area contributed by atoms with Gasteiger partial charge in [-0.15, -0.1) is 0 Å². The zero-order valence-electron chi connectivity index (χ0n) is 18.2. The first-order valence-corrected chi connectivity index (χ1v) is 9.96. The van der Waals surface area contributed by atoms with Crippen LogP contribution in [0.5, 0.6) is 0 Å². The molecule has 3 rings (SSSR count). The standard InChI is InChI=1S/C24H28N4O2/c1-16-6-8-20(9-7-16)15-28-18(3)22(17(2)26-28)24(30)27(5)14-19-10-12-21(13-11-19)23(29)25-4/h6-13H,14-15H2,1-5H3,(H,25,29). The van der Waals surface area contributed by atoms with Crippen LogP contribution < -0.4 is 5.32 Å². The van der Waals surface area contributed by atoms with E-state index >= 15 is 0 Å². The number of rotatable bonds is 6. The van der Waals surface area contributed by atoms with E-state index in [0.29, 0.717) is 24.2 Å². The van der Waals surface area contributed by atoms with Gasteiger partial charge in [-0.05, 0) is 44.0 Å². The number of carbonyl (C=O) groups is 2. The number of amides is 2. The molecule has 3 aromatic rings. The van der Waals surface area contributed by atoms with Gasteiger partial charge in [0.25, 0.3) is 11.8 Å². The molecule has 156 valence electrons. The molecule has 0 atom stereocenters. The molecule has 2 aromatic carbocycles. The van der Waals surface area contributed by atoms with E-state index < -0.39 is 0 Å². The molecule has 2 amide bonds. The molecule has 6 nitrogen and oxygen atoms in total. The van der Waals surface area contributed by atoms with Crippen molar-refractivity contribution in [2.45, 2.75) is 33.9 Å². The normalized spacial score (nSPS) is 10.7. The molecule has 1 aromatic heterocycles. The lowest BCUT2D eigenvalue weighted by atomic mass is 10.1. The SMILES string of the molecule is CNC(=O)c1ccc(CN(C)C(=O)c2c(C)nn(Cc3ccc(C)cc3)c2C)cc1. The fourth-order valence-electron chi connectivity index (χ4n) is 3.47. The van der Waals surface area contributed by atoms with Crippen molar-refractivity contribution in [3.05, 3.63) is 87.7 Å². The first-order valence-electron chi connectivity index (χ1n) is 9.96. The van der Waals surface area contributed by atoms with Gasteiger partial charge in [-0.3, -0.25) is 14.3 Å². The number of hydrogen-bond acceptors (Lipinski definition) is 3. The van der Waals surface area contributed by atoms with Crippen LogP contribution in [0.4, 0.5) is 0 Å². The highest BCUT2D eigenvalue weighted by Crippen LogP contribution is 2.18. The zero-order chi connectivity index (χ0) is 21.8. The molecule has 1 N–H and O–H groups in total. The van der Waals surface area contributed by atoms with Crippen LogP contribution in [0, 0.1) is 20.8 Å². The molecular formula is C24H28N4O2. The summed E-state index contributed by atoms with van der Waals surface area (Å²) in [4.78, 5) is 26.5. The average Bonchev–Trinajstić information content (AvgIpc) is 3.02. The molecule has 1 heterocycles. The molecule has 0 saturated carbocycles. The molecule has 0 aliphatic carbocycles. The van der Waals surface area contributed by atoms with Gasteiger partial charge in [-0.2, -0.15) is 5.10 Å². The number of hydrogen-bond donors (Lipinski definition) is 1. The van der Waals surface area contributed by atoms with Gasteiger partial charge >= 0.3 is 0 Å². The first-order chi connectivity index (χ1) is 14.3. The number of nitrogens with one attached hydrogen (secondary N) is 1. The molecule has 0 spiro atoms. The second-order valence-electron chi connectivity index (χ2n) is 7.63. The highest BCUT2D eigenvalue weighted by Gasteiger charge is 2.22. The topological polar surface area (TPSA) is 67.2 Å². The predicted octanol–water partition coefficient (Wildman–Crippen LogP) is 3.49. The van der Waals surface area contributed by atoms with Crippen LogP contribution in [-0.4, -0.2) is 40.6 Å². The van der Waals surface area contributed by atoms with Crippen LogP contribution in [0.1, 0.15) is 48.8 Å². The van der Waals surface area contributed by atoms with Gasteiger partial charge in [0.15, 0.2) is 0 Å². The van der Waals surface area contributed by atoms with Crippen LogP contribution in [0.3, 0.4) is 0 Å². The summed E-state index contributed by atoms with van der Waals surface area (Å²) in [5.74, 6) is -0.186. The largest absolute Gasteiger partial charge is 0.355 e. The molecular weight excluding hydrogens is 376 g/mol. The minimum atomic E-state index is -0.127. The lowest BCUT2D eigenvalue weighted by Crippen LogP contribution is -2.27. The number of benzene rings is 2. The summed E-state index contributed by atoms with van der Waals surface area (Å²) in [7, 11) is 3.39. The third-order valence-corrected chi connectivity index (χ3v) is 5.26. The predicted molar refractivity (Wildman–Crippen MR) is 118 cm³/mol. The third-order valence-electron chi connectivity index (χ3n) is 5.26. The number of nitrogens with zero attached hydrogens (tertiary/aromatic N) is 3. The summed E-state index contributed by atoms with van der Waals surface area (Å²) in [6.45, 7) is 6.96. The van der Waals surface area contributed by atoms with E-state index in [4.69, 9.17) is 0 Å². The summed E-state index contributed by atoms with van der Waals surface area (Å²) in [6.07, 6.45) is 0. The second kappa shape index (κ2) is 8.95. The lowest BCUT2D eigenvalue weighted by Gasteiger charge is -2.18. The van der Waals surface area contributed by atoms with E-state index in [2.05, 4.69) is 41.6 Å². The Bertz CT molecular complexity index is 1050.